The van der Waals surface area contributed by atoms with Crippen LogP contribution in [0.1, 0.15) is 27.4 Å². The molecular weight excluding hydrogens is 573 g/mol. The average Bonchev–Trinajstić information content (AvgIpc) is 3.18. The summed E-state index contributed by atoms with van der Waals surface area (Å²) < 4.78 is 104. The molecule has 2 amide bonds. The van der Waals surface area contributed by atoms with Crippen LogP contribution in [0, 0.1) is 11.6 Å². The first kappa shape index (κ1) is 29.0. The van der Waals surface area contributed by atoms with Gasteiger partial charge in [-0.2, -0.15) is 22.0 Å². The number of rotatable bonds is 7. The zero-order chi connectivity index (χ0) is 29.4. The molecule has 212 valence electrons. The molecule has 0 saturated carbocycles. The number of halogens is 8. The minimum absolute atomic E-state index is 0.121. The molecule has 0 aromatic heterocycles. The third-order valence-corrected chi connectivity index (χ3v) is 6.34. The molecule has 0 unspecified atom stereocenters. The highest BCUT2D eigenvalue weighted by Gasteiger charge is 2.46. The third kappa shape index (κ3) is 6.09. The van der Waals surface area contributed by atoms with Crippen molar-refractivity contribution in [3.8, 4) is 11.5 Å². The van der Waals surface area contributed by atoms with Gasteiger partial charge in [-0.15, -0.1) is 0 Å². The van der Waals surface area contributed by atoms with Gasteiger partial charge in [-0.1, -0.05) is 11.6 Å². The molecular formula is C26H18ClF7N2O4. The number of carbonyl (C=O) groups is 2. The molecule has 1 aliphatic heterocycles. The molecule has 1 N–H and O–H groups in total. The van der Waals surface area contributed by atoms with Crippen molar-refractivity contribution >= 4 is 29.1 Å². The van der Waals surface area contributed by atoms with E-state index < -0.39 is 65.9 Å². The van der Waals surface area contributed by atoms with Crippen LogP contribution in [-0.2, 0) is 11.0 Å². The molecule has 1 aliphatic rings. The lowest BCUT2D eigenvalue weighted by molar-refractivity contribution is -0.137. The molecule has 1 fully saturated rings. The van der Waals surface area contributed by atoms with Gasteiger partial charge in [-0.05, 0) is 42.5 Å². The Labute approximate surface area is 227 Å². The fourth-order valence-corrected chi connectivity index (χ4v) is 4.55. The summed E-state index contributed by atoms with van der Waals surface area (Å²) in [5.74, 6) is -5.96. The molecule has 40 heavy (non-hydrogen) atoms. The van der Waals surface area contributed by atoms with Gasteiger partial charge in [-0.3, -0.25) is 9.59 Å². The van der Waals surface area contributed by atoms with E-state index in [1.165, 1.54) is 7.11 Å². The van der Waals surface area contributed by atoms with Crippen LogP contribution in [0.4, 0.5) is 36.4 Å². The fraction of sp³-hybridized carbons (Fsp3) is 0.231. The van der Waals surface area contributed by atoms with Crippen molar-refractivity contribution in [2.24, 2.45) is 0 Å². The van der Waals surface area contributed by atoms with Crippen LogP contribution in [0.15, 0.2) is 54.6 Å². The number of benzene rings is 3. The number of nitrogens with one attached hydrogen (secondary N) is 1. The Hall–Kier alpha value is -4.00. The zero-order valence-corrected chi connectivity index (χ0v) is 21.0. The predicted octanol–water partition coefficient (Wildman–Crippen LogP) is 6.18. The molecule has 3 aromatic rings. The highest BCUT2D eigenvalue weighted by Crippen LogP contribution is 2.39. The van der Waals surface area contributed by atoms with E-state index in [1.807, 2.05) is 0 Å². The first-order valence-electron chi connectivity index (χ1n) is 11.4. The van der Waals surface area contributed by atoms with Gasteiger partial charge in [0.2, 0.25) is 5.91 Å². The molecule has 4 rings (SSSR count). The van der Waals surface area contributed by atoms with Crippen molar-refractivity contribution in [1.29, 1.82) is 0 Å². The molecule has 0 bridgehead atoms. The molecule has 2 atom stereocenters. The molecule has 0 spiro atoms. The van der Waals surface area contributed by atoms with E-state index in [-0.39, 0.29) is 27.8 Å². The van der Waals surface area contributed by atoms with E-state index in [1.54, 1.807) is 0 Å². The second kappa shape index (κ2) is 11.2. The van der Waals surface area contributed by atoms with Crippen LogP contribution in [0.5, 0.6) is 11.5 Å². The van der Waals surface area contributed by atoms with Gasteiger partial charge < -0.3 is 19.7 Å². The Balaban J connectivity index is 1.73. The number of methoxy groups -OCH3 is 1. The van der Waals surface area contributed by atoms with Gasteiger partial charge in [-0.25, -0.2) is 8.78 Å². The van der Waals surface area contributed by atoms with Crippen molar-refractivity contribution in [3.63, 3.8) is 0 Å². The van der Waals surface area contributed by atoms with Crippen LogP contribution in [0.3, 0.4) is 0 Å². The highest BCUT2D eigenvalue weighted by atomic mass is 35.5. The van der Waals surface area contributed by atoms with Crippen molar-refractivity contribution in [2.75, 3.05) is 18.6 Å². The normalized spacial score (nSPS) is 17.4. The summed E-state index contributed by atoms with van der Waals surface area (Å²) in [6, 6.07) is 6.78. The monoisotopic (exact) mass is 590 g/mol. The molecule has 1 heterocycles. The number of carbonyl (C=O) groups excluding carboxylic acids is 2. The van der Waals surface area contributed by atoms with Crippen LogP contribution < -0.4 is 19.7 Å². The molecule has 14 heteroatoms. The summed E-state index contributed by atoms with van der Waals surface area (Å²) in [5, 5.41) is 2.00. The Bertz CT molecular complexity index is 1410. The van der Waals surface area contributed by atoms with E-state index in [9.17, 15) is 31.5 Å². The van der Waals surface area contributed by atoms with Gasteiger partial charge in [0.25, 0.3) is 5.91 Å². The zero-order valence-electron chi connectivity index (χ0n) is 20.2. The van der Waals surface area contributed by atoms with E-state index in [0.717, 1.165) is 47.4 Å². The van der Waals surface area contributed by atoms with Crippen LogP contribution >= 0.6 is 11.6 Å². The maximum Gasteiger partial charge on any atom is 0.416 e. The number of hydrogen-bond donors (Lipinski definition) is 1. The lowest BCUT2D eigenvalue weighted by Gasteiger charge is -2.20. The van der Waals surface area contributed by atoms with E-state index in [4.69, 9.17) is 16.3 Å². The van der Waals surface area contributed by atoms with Crippen molar-refractivity contribution in [2.45, 2.75) is 24.7 Å². The van der Waals surface area contributed by atoms with Gasteiger partial charge in [0.05, 0.1) is 12.7 Å². The molecule has 1 saturated heterocycles. The molecule has 3 aromatic carbocycles. The molecule has 6 nitrogen and oxygen atoms in total. The Morgan fingerprint density at radius 1 is 1.02 bits per heavy atom. The van der Waals surface area contributed by atoms with Crippen molar-refractivity contribution in [3.05, 3.63) is 87.9 Å². The van der Waals surface area contributed by atoms with E-state index in [2.05, 4.69) is 10.1 Å². The largest absolute Gasteiger partial charge is 0.497 e. The van der Waals surface area contributed by atoms with Crippen LogP contribution in [0.2, 0.25) is 5.02 Å². The summed E-state index contributed by atoms with van der Waals surface area (Å²) in [7, 11) is 1.17. The Morgan fingerprint density at radius 3 is 2.20 bits per heavy atom. The summed E-state index contributed by atoms with van der Waals surface area (Å²) in [5.41, 5.74) is -2.21. The molecule has 0 aliphatic carbocycles. The first-order valence-corrected chi connectivity index (χ1v) is 11.7. The number of amides is 2. The number of ether oxygens (including phenoxy) is 2. The highest BCUT2D eigenvalue weighted by molar-refractivity contribution is 6.31. The lowest BCUT2D eigenvalue weighted by atomic mass is 9.92. The topological polar surface area (TPSA) is 67.9 Å². The van der Waals surface area contributed by atoms with Gasteiger partial charge in [0.15, 0.2) is 0 Å². The van der Waals surface area contributed by atoms with Gasteiger partial charge in [0, 0.05) is 46.4 Å². The SMILES string of the molecule is COc1cc(F)c([C@@H]2CN(c3cc(Cl)cc(C(F)(F)F)c3)C(=O)[C@H]2NC(=O)c2ccc(OC(F)F)cc2)c(F)c1. The Kier molecular flexibility index (Phi) is 8.15. The standard InChI is InChI=1S/C26H18ClF7N2O4/c1-39-17-9-19(28)21(20(29)10-17)18-11-36(15-7-13(26(32,33)34)6-14(27)8-15)24(38)22(18)35-23(37)12-2-4-16(5-3-12)40-25(30)31/h2-10,18,22,25H,11H2,1H3,(H,35,37)/t18-,22-/m0/s1. The number of hydrogen-bond acceptors (Lipinski definition) is 4. The third-order valence-electron chi connectivity index (χ3n) is 6.12. The second-order valence-electron chi connectivity index (χ2n) is 8.61. The summed E-state index contributed by atoms with van der Waals surface area (Å²) in [6.07, 6.45) is -4.82. The number of nitrogens with zero attached hydrogens (tertiary/aromatic N) is 1. The maximum absolute atomic E-state index is 15.1. The number of anilines is 1. The minimum atomic E-state index is -4.82. The van der Waals surface area contributed by atoms with Crippen LogP contribution in [0.25, 0.3) is 0 Å². The minimum Gasteiger partial charge on any atom is -0.497 e. The molecule has 0 radical (unpaired) electrons. The summed E-state index contributed by atoms with van der Waals surface area (Å²) in [4.78, 5) is 27.3. The average molecular weight is 591 g/mol. The second-order valence-corrected chi connectivity index (χ2v) is 9.05. The quantitative estimate of drug-likeness (QED) is 0.334. The van der Waals surface area contributed by atoms with Crippen LogP contribution in [-0.4, -0.2) is 38.1 Å². The predicted molar refractivity (Wildman–Crippen MR) is 129 cm³/mol. The fourth-order valence-electron chi connectivity index (χ4n) is 4.32. The van der Waals surface area contributed by atoms with Crippen molar-refractivity contribution < 1.29 is 49.8 Å². The first-order chi connectivity index (χ1) is 18.8. The lowest BCUT2D eigenvalue weighted by Crippen LogP contribution is -2.44. The van der Waals surface area contributed by atoms with Gasteiger partial charge in [0.1, 0.15) is 29.2 Å². The smallest absolute Gasteiger partial charge is 0.416 e. The van der Waals surface area contributed by atoms with E-state index >= 15 is 8.78 Å². The summed E-state index contributed by atoms with van der Waals surface area (Å²) in [6.45, 7) is -3.64. The number of alkyl halides is 5. The van der Waals surface area contributed by atoms with Crippen molar-refractivity contribution in [1.82, 2.24) is 5.32 Å². The Morgan fingerprint density at radius 2 is 1.65 bits per heavy atom. The van der Waals surface area contributed by atoms with E-state index in [0.29, 0.717) is 12.1 Å². The summed E-state index contributed by atoms with van der Waals surface area (Å²) >= 11 is 5.87. The maximum atomic E-state index is 15.1. The van der Waals surface area contributed by atoms with Gasteiger partial charge >= 0.3 is 12.8 Å².